The van der Waals surface area contributed by atoms with Crippen molar-refractivity contribution in [1.82, 2.24) is 0 Å². The van der Waals surface area contributed by atoms with E-state index >= 15 is 0 Å². The van der Waals surface area contributed by atoms with Crippen molar-refractivity contribution in [3.8, 4) is 0 Å². The second kappa shape index (κ2) is 3.79. The molecule has 14 heavy (non-hydrogen) atoms. The lowest BCUT2D eigenvalue weighted by Gasteiger charge is -2.32. The van der Waals surface area contributed by atoms with Gasteiger partial charge in [-0.2, -0.15) is 0 Å². The SMILES string of the molecule is CC1=C(OS)C2(CCCOC2)SC1=O. The van der Waals surface area contributed by atoms with Gasteiger partial charge in [-0.05, 0) is 19.8 Å². The lowest BCUT2D eigenvalue weighted by atomic mass is 9.97. The van der Waals surface area contributed by atoms with E-state index < -0.39 is 0 Å². The zero-order chi connectivity index (χ0) is 10.2. The summed E-state index contributed by atoms with van der Waals surface area (Å²) in [6.45, 7) is 3.11. The van der Waals surface area contributed by atoms with Crippen LogP contribution in [0.2, 0.25) is 0 Å². The van der Waals surface area contributed by atoms with Crippen LogP contribution in [0.25, 0.3) is 0 Å². The molecule has 0 bridgehead atoms. The number of hydrogen-bond acceptors (Lipinski definition) is 5. The van der Waals surface area contributed by atoms with Crippen LogP contribution < -0.4 is 0 Å². The zero-order valence-corrected chi connectivity index (χ0v) is 9.62. The number of rotatable bonds is 1. The van der Waals surface area contributed by atoms with E-state index in [-0.39, 0.29) is 9.86 Å². The lowest BCUT2D eigenvalue weighted by molar-refractivity contribution is -0.107. The summed E-state index contributed by atoms with van der Waals surface area (Å²) in [4.78, 5) is 11.6. The zero-order valence-electron chi connectivity index (χ0n) is 7.91. The highest BCUT2D eigenvalue weighted by Crippen LogP contribution is 2.49. The third-order valence-corrected chi connectivity index (χ3v) is 4.22. The Bertz CT molecular complexity index is 292. The molecule has 5 heteroatoms. The number of thioether (sulfide) groups is 1. The van der Waals surface area contributed by atoms with E-state index in [2.05, 4.69) is 12.9 Å². The Morgan fingerprint density at radius 1 is 1.64 bits per heavy atom. The van der Waals surface area contributed by atoms with Crippen molar-refractivity contribution in [3.63, 3.8) is 0 Å². The quantitative estimate of drug-likeness (QED) is 0.553. The first kappa shape index (κ1) is 10.4. The number of carbonyl (C=O) groups is 1. The highest BCUT2D eigenvalue weighted by atomic mass is 32.2. The molecule has 2 heterocycles. The number of ether oxygens (including phenoxy) is 1. The average molecular weight is 232 g/mol. The van der Waals surface area contributed by atoms with Gasteiger partial charge in [0.25, 0.3) is 0 Å². The maximum Gasteiger partial charge on any atom is 0.219 e. The summed E-state index contributed by atoms with van der Waals surface area (Å²) in [5.74, 6) is 0.690. The molecule has 0 aliphatic carbocycles. The van der Waals surface area contributed by atoms with Gasteiger partial charge in [0.15, 0.2) is 0 Å². The van der Waals surface area contributed by atoms with E-state index in [0.29, 0.717) is 17.9 Å². The van der Waals surface area contributed by atoms with Crippen molar-refractivity contribution >= 4 is 29.8 Å². The van der Waals surface area contributed by atoms with Crippen LogP contribution in [0.3, 0.4) is 0 Å². The van der Waals surface area contributed by atoms with Gasteiger partial charge in [0, 0.05) is 25.1 Å². The van der Waals surface area contributed by atoms with Crippen molar-refractivity contribution < 1.29 is 13.7 Å². The Balaban J connectivity index is 2.32. The Kier molecular flexibility index (Phi) is 2.81. The number of thiol groups is 1. The van der Waals surface area contributed by atoms with Crippen LogP contribution in [-0.2, 0) is 13.7 Å². The van der Waals surface area contributed by atoms with Crippen LogP contribution in [0.1, 0.15) is 19.8 Å². The van der Waals surface area contributed by atoms with Crippen molar-refractivity contribution in [3.05, 3.63) is 11.3 Å². The van der Waals surface area contributed by atoms with Gasteiger partial charge in [-0.3, -0.25) is 4.79 Å². The van der Waals surface area contributed by atoms with Crippen molar-refractivity contribution in [2.45, 2.75) is 24.5 Å². The maximum absolute atomic E-state index is 11.6. The monoisotopic (exact) mass is 232 g/mol. The van der Waals surface area contributed by atoms with Crippen molar-refractivity contribution in [2.75, 3.05) is 13.2 Å². The predicted molar refractivity (Wildman–Crippen MR) is 58.2 cm³/mol. The molecule has 0 aromatic carbocycles. The van der Waals surface area contributed by atoms with E-state index in [9.17, 15) is 4.79 Å². The van der Waals surface area contributed by atoms with E-state index in [1.807, 2.05) is 0 Å². The Morgan fingerprint density at radius 3 is 3.00 bits per heavy atom. The van der Waals surface area contributed by atoms with Gasteiger partial charge >= 0.3 is 0 Å². The van der Waals surface area contributed by atoms with Gasteiger partial charge in [0.05, 0.1) is 6.61 Å². The first-order valence-electron chi connectivity index (χ1n) is 4.53. The molecular formula is C9H12O3S2. The minimum atomic E-state index is -0.291. The van der Waals surface area contributed by atoms with E-state index in [1.165, 1.54) is 11.8 Å². The normalized spacial score (nSPS) is 32.9. The molecule has 2 aliphatic heterocycles. The summed E-state index contributed by atoms with van der Waals surface area (Å²) >= 11 is 5.14. The fourth-order valence-electron chi connectivity index (χ4n) is 1.91. The molecule has 1 atom stereocenters. The van der Waals surface area contributed by atoms with Crippen LogP contribution in [0.15, 0.2) is 11.3 Å². The molecular weight excluding hydrogens is 220 g/mol. The fraction of sp³-hybridized carbons (Fsp3) is 0.667. The first-order chi connectivity index (χ1) is 6.69. The molecule has 0 N–H and O–H groups in total. The largest absolute Gasteiger partial charge is 0.431 e. The van der Waals surface area contributed by atoms with Crippen LogP contribution in [0.4, 0.5) is 0 Å². The molecule has 1 fully saturated rings. The molecule has 3 nitrogen and oxygen atoms in total. The first-order valence-corrected chi connectivity index (χ1v) is 5.72. The van der Waals surface area contributed by atoms with E-state index in [4.69, 9.17) is 8.92 Å². The Labute approximate surface area is 92.8 Å². The van der Waals surface area contributed by atoms with Gasteiger partial charge < -0.3 is 8.92 Å². The molecule has 0 radical (unpaired) electrons. The smallest absolute Gasteiger partial charge is 0.219 e. The highest BCUT2D eigenvalue weighted by Gasteiger charge is 2.48. The van der Waals surface area contributed by atoms with Crippen LogP contribution in [-0.4, -0.2) is 23.1 Å². The highest BCUT2D eigenvalue weighted by molar-refractivity contribution is 8.15. The molecule has 1 spiro atoms. The van der Waals surface area contributed by atoms with Crippen molar-refractivity contribution in [2.24, 2.45) is 0 Å². The summed E-state index contributed by atoms with van der Waals surface area (Å²) in [5.41, 5.74) is 0.676. The van der Waals surface area contributed by atoms with Gasteiger partial charge in [0.1, 0.15) is 10.5 Å². The fourth-order valence-corrected chi connectivity index (χ4v) is 3.57. The van der Waals surface area contributed by atoms with Gasteiger partial charge in [-0.15, -0.1) is 0 Å². The second-order valence-corrected chi connectivity index (χ2v) is 5.12. The van der Waals surface area contributed by atoms with Crippen molar-refractivity contribution in [1.29, 1.82) is 0 Å². The summed E-state index contributed by atoms with van der Waals surface area (Å²) in [6, 6.07) is 0. The van der Waals surface area contributed by atoms with Gasteiger partial charge in [-0.1, -0.05) is 11.8 Å². The van der Waals surface area contributed by atoms with E-state index in [0.717, 1.165) is 19.4 Å². The molecule has 0 aromatic heterocycles. The second-order valence-electron chi connectivity index (χ2n) is 3.59. The molecule has 2 rings (SSSR count). The maximum atomic E-state index is 11.6. The summed E-state index contributed by atoms with van der Waals surface area (Å²) in [6.07, 6.45) is 1.89. The lowest BCUT2D eigenvalue weighted by Crippen LogP contribution is -2.36. The summed E-state index contributed by atoms with van der Waals surface area (Å²) in [7, 11) is 0. The molecule has 2 aliphatic rings. The third kappa shape index (κ3) is 1.47. The predicted octanol–water partition coefficient (Wildman–Crippen LogP) is 1.94. The molecule has 78 valence electrons. The van der Waals surface area contributed by atoms with Crippen LogP contribution >= 0.6 is 24.7 Å². The molecule has 0 amide bonds. The molecule has 0 saturated carbocycles. The number of hydrogen-bond donors (Lipinski definition) is 1. The average Bonchev–Trinajstić information content (AvgIpc) is 2.40. The molecule has 0 aromatic rings. The molecule has 1 unspecified atom stereocenters. The standard InChI is InChI=1S/C9H12O3S2/c1-6-7(12-13)9(14-8(6)10)3-2-4-11-5-9/h13H,2-5H2,1H3. The summed E-state index contributed by atoms with van der Waals surface area (Å²) in [5, 5.41) is 0.0829. The number of carbonyl (C=O) groups excluding carboxylic acids is 1. The van der Waals surface area contributed by atoms with Crippen LogP contribution in [0.5, 0.6) is 0 Å². The third-order valence-electron chi connectivity index (χ3n) is 2.64. The van der Waals surface area contributed by atoms with Crippen LogP contribution in [0, 0.1) is 0 Å². The van der Waals surface area contributed by atoms with E-state index in [1.54, 1.807) is 6.92 Å². The minimum absolute atomic E-state index is 0.0829. The van der Waals surface area contributed by atoms with Gasteiger partial charge in [0.2, 0.25) is 5.12 Å². The Hall–Kier alpha value is -0.130. The summed E-state index contributed by atoms with van der Waals surface area (Å²) < 4.78 is 10.2. The molecule has 1 saturated heterocycles. The van der Waals surface area contributed by atoms with Gasteiger partial charge in [-0.25, -0.2) is 0 Å². The Morgan fingerprint density at radius 2 is 2.43 bits per heavy atom. The topological polar surface area (TPSA) is 35.5 Å². The minimum Gasteiger partial charge on any atom is -0.431 e.